The van der Waals surface area contributed by atoms with Crippen molar-refractivity contribution in [1.82, 2.24) is 39.0 Å². The standard InChI is InChI=1S/C28H30FN9O10P2S/c1-14-2-4-15(5-3-14)9-51-50(42)44-8-18-23(20(29)28(46-18)38-13-35-21-24(30)31-10-32-25(21)38)48-49(40,41)43-7-17-16(47-50)6-19(45-17)37-12-36-22-26(37)33-11-34-27(22)39/h2-5,10-13,16-20,23,28H,6-9H2,1H3,(H,40,41)(H2,30,31,32)(H,33,34,39)/t16-,17+,18+,19?,20+,23?,28+,50?/m0/s1. The molecule has 23 heteroatoms. The number of hydrogen-bond donors (Lipinski definition) is 3. The second-order valence-electron chi connectivity index (χ2n) is 12.0. The number of H-pyrrole nitrogens is 1. The molecule has 3 aliphatic heterocycles. The van der Waals surface area contributed by atoms with E-state index in [2.05, 4.69) is 29.9 Å². The Labute approximate surface area is 290 Å². The monoisotopic (exact) mass is 765 g/mol. The maximum atomic E-state index is 16.3. The van der Waals surface area contributed by atoms with Gasteiger partial charge in [-0.3, -0.25) is 32.0 Å². The lowest BCUT2D eigenvalue weighted by Crippen LogP contribution is -2.35. The van der Waals surface area contributed by atoms with E-state index >= 15 is 4.39 Å². The van der Waals surface area contributed by atoms with Crippen LogP contribution in [0.1, 0.15) is 30.0 Å². The Bertz CT molecular complexity index is 2240. The Morgan fingerprint density at radius 2 is 1.71 bits per heavy atom. The van der Waals surface area contributed by atoms with Gasteiger partial charge in [-0.25, -0.2) is 38.4 Å². The zero-order valence-electron chi connectivity index (χ0n) is 26.5. The average Bonchev–Trinajstić information content (AvgIpc) is 3.88. The summed E-state index contributed by atoms with van der Waals surface area (Å²) >= 11 is 0.896. The molecular weight excluding hydrogens is 735 g/mol. The molecule has 19 nitrogen and oxygen atoms in total. The van der Waals surface area contributed by atoms with Crippen molar-refractivity contribution in [2.24, 2.45) is 0 Å². The Kier molecular flexibility index (Phi) is 9.07. The van der Waals surface area contributed by atoms with E-state index in [4.69, 9.17) is 33.3 Å². The maximum Gasteiger partial charge on any atom is 0.472 e. The second kappa shape index (κ2) is 13.4. The molecular formula is C28H30FN9O10P2S. The van der Waals surface area contributed by atoms with Gasteiger partial charge >= 0.3 is 14.6 Å². The molecule has 0 saturated carbocycles. The first-order valence-electron chi connectivity index (χ1n) is 15.5. The molecule has 51 heavy (non-hydrogen) atoms. The highest BCUT2D eigenvalue weighted by Gasteiger charge is 2.53. The Hall–Kier alpha value is -3.62. The number of aromatic nitrogens is 8. The van der Waals surface area contributed by atoms with Crippen molar-refractivity contribution in [2.45, 2.75) is 62.1 Å². The third-order valence-electron chi connectivity index (χ3n) is 8.61. The highest BCUT2D eigenvalue weighted by atomic mass is 32.7. The molecule has 7 heterocycles. The van der Waals surface area contributed by atoms with Crippen LogP contribution in [0.3, 0.4) is 0 Å². The van der Waals surface area contributed by atoms with Gasteiger partial charge in [0, 0.05) is 12.2 Å². The summed E-state index contributed by atoms with van der Waals surface area (Å²) < 4.78 is 82.0. The van der Waals surface area contributed by atoms with Crippen LogP contribution in [0.15, 0.2) is 54.4 Å². The lowest BCUT2D eigenvalue weighted by atomic mass is 10.1. The number of phosphoric ester groups is 1. The summed E-state index contributed by atoms with van der Waals surface area (Å²) in [6.45, 7) is -3.39. The fraction of sp³-hybridized carbons (Fsp3) is 0.429. The van der Waals surface area contributed by atoms with Gasteiger partial charge in [-0.15, -0.1) is 0 Å². The lowest BCUT2D eigenvalue weighted by Gasteiger charge is -2.28. The fourth-order valence-corrected chi connectivity index (χ4v) is 10.4. The number of ether oxygens (including phenoxy) is 2. The average molecular weight is 766 g/mol. The molecule has 4 N–H and O–H groups in total. The van der Waals surface area contributed by atoms with Crippen LogP contribution < -0.4 is 11.3 Å². The van der Waals surface area contributed by atoms with Gasteiger partial charge in [-0.05, 0) is 23.9 Å². The van der Waals surface area contributed by atoms with Gasteiger partial charge in [0.25, 0.3) is 5.56 Å². The fourth-order valence-electron chi connectivity index (χ4n) is 6.06. The van der Waals surface area contributed by atoms with E-state index in [0.29, 0.717) is 0 Å². The van der Waals surface area contributed by atoms with Crippen molar-refractivity contribution in [2.75, 3.05) is 18.9 Å². The van der Waals surface area contributed by atoms with Crippen molar-refractivity contribution in [3.63, 3.8) is 0 Å². The molecule has 3 aliphatic rings. The summed E-state index contributed by atoms with van der Waals surface area (Å²) in [6.07, 6.45) is -4.69. The number of hydrogen-bond acceptors (Lipinski definition) is 16. The largest absolute Gasteiger partial charge is 0.472 e. The molecule has 0 amide bonds. The number of nitrogens with zero attached hydrogens (tertiary/aromatic N) is 7. The van der Waals surface area contributed by atoms with Gasteiger partial charge in [-0.2, -0.15) is 0 Å². The van der Waals surface area contributed by atoms with E-state index in [-0.39, 0.29) is 40.3 Å². The number of nitrogens with two attached hydrogens (primary N) is 1. The van der Waals surface area contributed by atoms with E-state index in [0.717, 1.165) is 22.5 Å². The van der Waals surface area contributed by atoms with Crippen LogP contribution in [-0.2, 0) is 42.5 Å². The van der Waals surface area contributed by atoms with Crippen LogP contribution in [-0.4, -0.2) is 87.7 Å². The van der Waals surface area contributed by atoms with Crippen molar-refractivity contribution in [1.29, 1.82) is 0 Å². The van der Waals surface area contributed by atoms with Gasteiger partial charge in [0.15, 0.2) is 35.0 Å². The van der Waals surface area contributed by atoms with Gasteiger partial charge in [-0.1, -0.05) is 29.8 Å². The number of nitrogen functional groups attached to an aromatic ring is 1. The highest BCUT2D eigenvalue weighted by Crippen LogP contribution is 2.64. The molecule has 0 aliphatic carbocycles. The first kappa shape index (κ1) is 34.5. The van der Waals surface area contributed by atoms with Gasteiger partial charge in [0.2, 0.25) is 0 Å². The number of anilines is 1. The van der Waals surface area contributed by atoms with Crippen LogP contribution in [0, 0.1) is 6.92 Å². The van der Waals surface area contributed by atoms with Crippen molar-refractivity contribution < 1.29 is 46.0 Å². The highest BCUT2D eigenvalue weighted by molar-refractivity contribution is 8.54. The predicted molar refractivity (Wildman–Crippen MR) is 177 cm³/mol. The minimum absolute atomic E-state index is 0.0267. The quantitative estimate of drug-likeness (QED) is 0.217. The number of phosphoric acid groups is 1. The zero-order chi connectivity index (χ0) is 35.5. The van der Waals surface area contributed by atoms with Crippen LogP contribution >= 0.6 is 26.0 Å². The molecule has 4 aromatic heterocycles. The first-order chi connectivity index (χ1) is 24.5. The number of benzene rings is 1. The lowest BCUT2D eigenvalue weighted by molar-refractivity contribution is -0.0602. The van der Waals surface area contributed by atoms with E-state index in [1.807, 2.05) is 31.2 Å². The summed E-state index contributed by atoms with van der Waals surface area (Å²) in [5.74, 6) is 0.263. The molecule has 5 aromatic rings. The van der Waals surface area contributed by atoms with E-state index < -0.39 is 76.4 Å². The smallest absolute Gasteiger partial charge is 0.382 e. The van der Waals surface area contributed by atoms with E-state index in [1.54, 1.807) is 0 Å². The number of imidazole rings is 2. The molecule has 9 atom stereocenters. The van der Waals surface area contributed by atoms with Gasteiger partial charge < -0.3 is 25.1 Å². The minimum Gasteiger partial charge on any atom is -0.382 e. The van der Waals surface area contributed by atoms with E-state index in [9.17, 15) is 18.8 Å². The summed E-state index contributed by atoms with van der Waals surface area (Å²) in [6, 6.07) is 7.57. The molecule has 0 bridgehead atoms. The molecule has 0 spiro atoms. The topological polar surface area (TPSA) is 243 Å². The molecule has 0 radical (unpaired) electrons. The molecule has 3 saturated heterocycles. The van der Waals surface area contributed by atoms with Gasteiger partial charge in [0.05, 0.1) is 32.2 Å². The Morgan fingerprint density at radius 3 is 2.53 bits per heavy atom. The Balaban J connectivity index is 1.11. The molecule has 1 aromatic carbocycles. The number of nitrogens with one attached hydrogen (secondary N) is 1. The molecule has 4 unspecified atom stereocenters. The molecule has 3 fully saturated rings. The van der Waals surface area contributed by atoms with Crippen LogP contribution in [0.2, 0.25) is 0 Å². The number of fused-ring (bicyclic) bond motifs is 4. The number of aryl methyl sites for hydroxylation is 1. The summed E-state index contributed by atoms with van der Waals surface area (Å²) in [5.41, 5.74) is 7.90. The molecule has 270 valence electrons. The van der Waals surface area contributed by atoms with Crippen molar-refractivity contribution in [3.8, 4) is 0 Å². The van der Waals surface area contributed by atoms with Crippen molar-refractivity contribution in [3.05, 3.63) is 71.1 Å². The van der Waals surface area contributed by atoms with E-state index in [1.165, 1.54) is 34.4 Å². The Morgan fingerprint density at radius 1 is 0.961 bits per heavy atom. The number of rotatable bonds is 5. The van der Waals surface area contributed by atoms with Crippen LogP contribution in [0.4, 0.5) is 10.2 Å². The zero-order valence-corrected chi connectivity index (χ0v) is 29.1. The SMILES string of the molecule is Cc1ccc(CSP2(=O)OC[C@H]3O[C@@H](n4cnc5c(N)ncnc54)[C@H](F)C3OP(=O)(O)OC[C@H]3OC(n4cnc5c(=O)[nH]cnc54)C[C@@H]3O2)cc1. The minimum atomic E-state index is -5.00. The predicted octanol–water partition coefficient (Wildman–Crippen LogP) is 3.33. The summed E-state index contributed by atoms with van der Waals surface area (Å²) in [5, 5.41) is 0. The van der Waals surface area contributed by atoms with Crippen molar-refractivity contribution >= 4 is 54.1 Å². The summed E-state index contributed by atoms with van der Waals surface area (Å²) in [4.78, 5) is 46.0. The number of halogens is 1. The number of aromatic amines is 1. The van der Waals surface area contributed by atoms with Crippen LogP contribution in [0.25, 0.3) is 22.3 Å². The van der Waals surface area contributed by atoms with Gasteiger partial charge in [0.1, 0.15) is 42.5 Å². The number of alkyl halides is 1. The molecule has 8 rings (SSSR count). The summed E-state index contributed by atoms with van der Waals surface area (Å²) in [7, 11) is -5.00. The maximum absolute atomic E-state index is 16.3. The second-order valence-corrected chi connectivity index (χ2v) is 17.4. The first-order valence-corrected chi connectivity index (χ1v) is 20.2. The normalized spacial score (nSPS) is 33.1. The third kappa shape index (κ3) is 6.74. The third-order valence-corrected chi connectivity index (χ3v) is 13.3. The van der Waals surface area contributed by atoms with Crippen LogP contribution in [0.5, 0.6) is 0 Å².